The fourth-order valence-electron chi connectivity index (χ4n) is 1.77. The lowest BCUT2D eigenvalue weighted by atomic mass is 10.2. The van der Waals surface area contributed by atoms with Gasteiger partial charge in [0.15, 0.2) is 8.68 Å². The van der Waals surface area contributed by atoms with E-state index in [-0.39, 0.29) is 10.9 Å². The minimum absolute atomic E-state index is 0.0169. The van der Waals surface area contributed by atoms with Gasteiger partial charge in [-0.2, -0.15) is 0 Å². The van der Waals surface area contributed by atoms with Crippen LogP contribution in [0.3, 0.4) is 0 Å². The van der Waals surface area contributed by atoms with Crippen LogP contribution in [0.15, 0.2) is 37.4 Å². The lowest BCUT2D eigenvalue weighted by Gasteiger charge is -2.02. The maximum absolute atomic E-state index is 10.7. The second kappa shape index (κ2) is 7.28. The van der Waals surface area contributed by atoms with E-state index in [4.69, 9.17) is 4.42 Å². The second-order valence-electron chi connectivity index (χ2n) is 4.55. The van der Waals surface area contributed by atoms with E-state index in [0.29, 0.717) is 17.3 Å². The minimum atomic E-state index is -0.452. The molecule has 0 amide bonds. The lowest BCUT2D eigenvalue weighted by Crippen LogP contribution is -1.88. The summed E-state index contributed by atoms with van der Waals surface area (Å²) in [7, 11) is 0. The first-order valence-electron chi connectivity index (χ1n) is 6.69. The zero-order valence-corrected chi connectivity index (χ0v) is 15.0. The third kappa shape index (κ3) is 3.74. The van der Waals surface area contributed by atoms with Gasteiger partial charge in [-0.3, -0.25) is 10.1 Å². The van der Waals surface area contributed by atoms with Crippen LogP contribution in [0, 0.1) is 10.1 Å². The number of nitro benzene ring substituents is 1. The average molecular weight is 381 g/mol. The van der Waals surface area contributed by atoms with Gasteiger partial charge in [0.2, 0.25) is 11.8 Å². The predicted molar refractivity (Wildman–Crippen MR) is 92.4 cm³/mol. The Labute approximate surface area is 149 Å². The first-order chi connectivity index (χ1) is 11.6. The Morgan fingerprint density at radius 2 is 1.88 bits per heavy atom. The van der Waals surface area contributed by atoms with E-state index in [1.807, 2.05) is 13.2 Å². The largest absolute Gasteiger partial charge is 0.419 e. The summed E-state index contributed by atoms with van der Waals surface area (Å²) in [4.78, 5) is 10.2. The Morgan fingerprint density at radius 1 is 1.17 bits per heavy atom. The van der Waals surface area contributed by atoms with Crippen LogP contribution in [0.25, 0.3) is 11.5 Å². The Kier molecular flexibility index (Phi) is 5.11. The van der Waals surface area contributed by atoms with Gasteiger partial charge in [-0.15, -0.1) is 20.4 Å². The van der Waals surface area contributed by atoms with Gasteiger partial charge in [0.25, 0.3) is 5.69 Å². The van der Waals surface area contributed by atoms with Crippen molar-refractivity contribution < 1.29 is 9.34 Å². The quantitative estimate of drug-likeness (QED) is 0.354. The molecule has 0 saturated carbocycles. The highest BCUT2D eigenvalue weighted by molar-refractivity contribution is 8.03. The first-order valence-corrected chi connectivity index (χ1v) is 9.61. The van der Waals surface area contributed by atoms with Gasteiger partial charge >= 0.3 is 0 Å². The van der Waals surface area contributed by atoms with E-state index in [9.17, 15) is 10.1 Å². The molecular formula is C13H11N5O3S3. The molecule has 11 heteroatoms. The van der Waals surface area contributed by atoms with E-state index < -0.39 is 4.92 Å². The molecule has 0 saturated heterocycles. The highest BCUT2D eigenvalue weighted by Crippen LogP contribution is 2.37. The number of nitro groups is 1. The third-order valence-electron chi connectivity index (χ3n) is 2.95. The number of thioether (sulfide) groups is 2. The molecule has 0 spiro atoms. The Bertz CT molecular complexity index is 849. The van der Waals surface area contributed by atoms with Crippen molar-refractivity contribution in [2.75, 3.05) is 6.26 Å². The zero-order chi connectivity index (χ0) is 17.1. The van der Waals surface area contributed by atoms with Crippen LogP contribution in [0.5, 0.6) is 0 Å². The van der Waals surface area contributed by atoms with Gasteiger partial charge in [0, 0.05) is 17.7 Å². The van der Waals surface area contributed by atoms with Crippen LogP contribution in [0.4, 0.5) is 5.69 Å². The van der Waals surface area contributed by atoms with E-state index in [0.717, 1.165) is 8.68 Å². The number of rotatable bonds is 6. The molecule has 0 radical (unpaired) electrons. The van der Waals surface area contributed by atoms with Gasteiger partial charge in [-0.05, 0) is 25.3 Å². The van der Waals surface area contributed by atoms with E-state index in [1.165, 1.54) is 35.2 Å². The molecule has 24 heavy (non-hydrogen) atoms. The van der Waals surface area contributed by atoms with Crippen molar-refractivity contribution in [2.24, 2.45) is 0 Å². The summed E-state index contributed by atoms with van der Waals surface area (Å²) in [5, 5.41) is 26.8. The molecule has 1 atom stereocenters. The topological polar surface area (TPSA) is 108 Å². The van der Waals surface area contributed by atoms with E-state index >= 15 is 0 Å². The van der Waals surface area contributed by atoms with Crippen LogP contribution >= 0.6 is 34.9 Å². The average Bonchev–Trinajstić information content (AvgIpc) is 3.24. The van der Waals surface area contributed by atoms with Gasteiger partial charge < -0.3 is 4.42 Å². The fraction of sp³-hybridized carbons (Fsp3) is 0.231. The molecule has 8 nitrogen and oxygen atoms in total. The Balaban J connectivity index is 1.73. The molecule has 3 aromatic rings. The smallest absolute Gasteiger partial charge is 0.269 e. The maximum Gasteiger partial charge on any atom is 0.269 e. The normalized spacial score (nSPS) is 12.2. The van der Waals surface area contributed by atoms with Gasteiger partial charge in [0.05, 0.1) is 10.2 Å². The molecule has 0 aliphatic carbocycles. The standard InChI is InChI=1S/C13H11N5O3S3/c1-7(23-13-17-16-12(22-2)24-13)10-14-15-11(21-10)8-3-5-9(6-4-8)18(19)20/h3-7H,1-2H3/t7-/m1/s1. The number of benzene rings is 1. The molecule has 0 bridgehead atoms. The molecular weight excluding hydrogens is 370 g/mol. The minimum Gasteiger partial charge on any atom is -0.419 e. The van der Waals surface area contributed by atoms with Crippen molar-refractivity contribution in [1.82, 2.24) is 20.4 Å². The molecule has 124 valence electrons. The van der Waals surface area contributed by atoms with Crippen molar-refractivity contribution in [1.29, 1.82) is 0 Å². The number of hydrogen-bond donors (Lipinski definition) is 0. The molecule has 1 aromatic carbocycles. The molecule has 2 heterocycles. The molecule has 0 unspecified atom stereocenters. The fourth-order valence-corrected chi connectivity index (χ4v) is 4.38. The summed E-state index contributed by atoms with van der Waals surface area (Å²) in [6.07, 6.45) is 1.95. The maximum atomic E-state index is 10.7. The van der Waals surface area contributed by atoms with Crippen molar-refractivity contribution in [2.45, 2.75) is 20.9 Å². The van der Waals surface area contributed by atoms with Crippen LogP contribution in [0.1, 0.15) is 18.1 Å². The first kappa shape index (κ1) is 16.9. The molecule has 3 rings (SSSR count). The molecule has 0 aliphatic heterocycles. The number of aromatic nitrogens is 4. The summed E-state index contributed by atoms with van der Waals surface area (Å²) < 4.78 is 7.42. The predicted octanol–water partition coefficient (Wildman–Crippen LogP) is 4.07. The van der Waals surface area contributed by atoms with E-state index in [1.54, 1.807) is 23.9 Å². The van der Waals surface area contributed by atoms with Gasteiger partial charge in [-0.1, -0.05) is 34.9 Å². The summed E-state index contributed by atoms with van der Waals surface area (Å²) in [6.45, 7) is 1.94. The van der Waals surface area contributed by atoms with Crippen molar-refractivity contribution >= 4 is 40.5 Å². The van der Waals surface area contributed by atoms with Crippen molar-refractivity contribution in [3.63, 3.8) is 0 Å². The Hall–Kier alpha value is -1.98. The molecule has 0 N–H and O–H groups in total. The second-order valence-corrected chi connectivity index (χ2v) is 8.17. The molecule has 2 aromatic heterocycles. The van der Waals surface area contributed by atoms with Crippen LogP contribution in [0.2, 0.25) is 0 Å². The van der Waals surface area contributed by atoms with Crippen molar-refractivity contribution in [3.8, 4) is 11.5 Å². The van der Waals surface area contributed by atoms with E-state index in [2.05, 4.69) is 20.4 Å². The SMILES string of the molecule is CSc1nnc(S[C@H](C)c2nnc(-c3ccc([N+](=O)[O-])cc3)o2)s1. The zero-order valence-electron chi connectivity index (χ0n) is 12.6. The van der Waals surface area contributed by atoms with Gasteiger partial charge in [-0.25, -0.2) is 0 Å². The molecule has 0 aliphatic rings. The number of nitrogens with zero attached hydrogens (tertiary/aromatic N) is 5. The summed E-state index contributed by atoms with van der Waals surface area (Å²) in [6, 6.07) is 5.98. The summed E-state index contributed by atoms with van der Waals surface area (Å²) in [5.41, 5.74) is 0.653. The number of hydrogen-bond acceptors (Lipinski definition) is 10. The number of non-ortho nitro benzene ring substituents is 1. The van der Waals surface area contributed by atoms with Crippen LogP contribution in [-0.4, -0.2) is 31.6 Å². The highest BCUT2D eigenvalue weighted by atomic mass is 32.2. The lowest BCUT2D eigenvalue weighted by molar-refractivity contribution is -0.384. The van der Waals surface area contributed by atoms with Crippen LogP contribution < -0.4 is 0 Å². The summed E-state index contributed by atoms with van der Waals surface area (Å²) in [5.74, 6) is 0.795. The third-order valence-corrected chi connectivity index (χ3v) is 6.02. The highest BCUT2D eigenvalue weighted by Gasteiger charge is 2.19. The summed E-state index contributed by atoms with van der Waals surface area (Å²) >= 11 is 4.56. The monoisotopic (exact) mass is 381 g/mol. The van der Waals surface area contributed by atoms with Crippen molar-refractivity contribution in [3.05, 3.63) is 40.3 Å². The van der Waals surface area contributed by atoms with Gasteiger partial charge in [0.1, 0.15) is 0 Å². The molecule has 0 fully saturated rings. The van der Waals surface area contributed by atoms with Crippen LogP contribution in [-0.2, 0) is 0 Å². The Morgan fingerprint density at radius 3 is 2.50 bits per heavy atom.